The molecule has 1 aromatic rings. The first kappa shape index (κ1) is 21.5. The maximum Gasteiger partial charge on any atom is 0.338 e. The summed E-state index contributed by atoms with van der Waals surface area (Å²) >= 11 is 6.23. The first-order chi connectivity index (χ1) is 14.1. The number of anilines is 1. The van der Waals surface area contributed by atoms with Crippen LogP contribution in [0.25, 0.3) is 0 Å². The number of hydrogen-bond acceptors (Lipinski definition) is 6. The third kappa shape index (κ3) is 3.24. The highest BCUT2D eigenvalue weighted by atomic mass is 35.5. The monoisotopic (exact) mass is 435 g/mol. The van der Waals surface area contributed by atoms with Gasteiger partial charge in [-0.25, -0.2) is 23.7 Å². The number of amides is 4. The number of carbonyl (C=O) groups is 2. The van der Waals surface area contributed by atoms with Crippen LogP contribution in [0.5, 0.6) is 0 Å². The molecule has 4 amide bonds. The first-order valence-electron chi connectivity index (χ1n) is 8.84. The van der Waals surface area contributed by atoms with Gasteiger partial charge in [0.1, 0.15) is 5.82 Å². The molecule has 0 spiro atoms. The summed E-state index contributed by atoms with van der Waals surface area (Å²) in [6, 6.07) is 0.438. The fraction of sp³-hybridized carbons (Fsp3) is 0.368. The third-order valence-electron chi connectivity index (χ3n) is 5.23. The van der Waals surface area contributed by atoms with E-state index in [1.54, 1.807) is 20.9 Å². The van der Waals surface area contributed by atoms with E-state index in [0.29, 0.717) is 28.3 Å². The van der Waals surface area contributed by atoms with Crippen LogP contribution in [-0.4, -0.2) is 66.0 Å². The zero-order valence-corrected chi connectivity index (χ0v) is 17.7. The van der Waals surface area contributed by atoms with Crippen molar-refractivity contribution in [3.05, 3.63) is 34.4 Å². The smallest absolute Gasteiger partial charge is 0.338 e. The van der Waals surface area contributed by atoms with Crippen LogP contribution in [0.15, 0.2) is 28.1 Å². The van der Waals surface area contributed by atoms with Gasteiger partial charge in [0.15, 0.2) is 11.5 Å². The highest BCUT2D eigenvalue weighted by Crippen LogP contribution is 2.35. The zero-order chi connectivity index (χ0) is 22.4. The Balaban J connectivity index is 2.06. The van der Waals surface area contributed by atoms with Crippen molar-refractivity contribution in [2.24, 2.45) is 10.1 Å². The predicted octanol–water partition coefficient (Wildman–Crippen LogP) is 3.05. The summed E-state index contributed by atoms with van der Waals surface area (Å²) in [5.41, 5.74) is 0.313. The Kier molecular flexibility index (Phi) is 5.40. The molecule has 0 bridgehead atoms. The van der Waals surface area contributed by atoms with Gasteiger partial charge in [0.25, 0.3) is 0 Å². The molecule has 0 saturated carbocycles. The molecule has 9 nitrogen and oxygen atoms in total. The van der Waals surface area contributed by atoms with Crippen LogP contribution in [0, 0.1) is 5.82 Å². The quantitative estimate of drug-likeness (QED) is 0.538. The number of carbonyl (C=O) groups excluding carboxylic acids is 3. The summed E-state index contributed by atoms with van der Waals surface area (Å²) in [7, 11) is 4.19. The van der Waals surface area contributed by atoms with E-state index in [-0.39, 0.29) is 16.5 Å². The maximum atomic E-state index is 14.8. The Morgan fingerprint density at radius 3 is 2.43 bits per heavy atom. The van der Waals surface area contributed by atoms with Crippen LogP contribution < -0.4 is 4.90 Å². The van der Waals surface area contributed by atoms with Gasteiger partial charge in [-0.05, 0) is 26.0 Å². The molecular formula is C19H19ClFN5O4. The summed E-state index contributed by atoms with van der Waals surface area (Å²) < 4.78 is 14.8. The Morgan fingerprint density at radius 2 is 1.90 bits per heavy atom. The Hall–Kier alpha value is -3.23. The minimum Gasteiger partial charge on any atom is -0.383 e. The van der Waals surface area contributed by atoms with Gasteiger partial charge < -0.3 is 4.84 Å². The van der Waals surface area contributed by atoms with E-state index in [1.807, 2.05) is 0 Å². The highest BCUT2D eigenvalue weighted by Gasteiger charge is 2.42. The third-order valence-corrected chi connectivity index (χ3v) is 5.55. The van der Waals surface area contributed by atoms with Gasteiger partial charge in [-0.2, -0.15) is 0 Å². The van der Waals surface area contributed by atoms with Crippen LogP contribution in [0.4, 0.5) is 19.7 Å². The number of urea groups is 2. The number of halogens is 2. The van der Waals surface area contributed by atoms with Crippen LogP contribution >= 0.6 is 11.6 Å². The standard InChI is InChI=1S/C19H19ClFN5O4/c1-10(22-3)19(2)8-14(23-30-19)11-6-15(13(21)7-12(11)20)26-17(28)24(4)16(9-27)25(5)18(26)29/h6-7H,8H2,1-5H3/b22-10+. The van der Waals surface area contributed by atoms with E-state index in [0.717, 1.165) is 15.9 Å². The number of rotatable bonds is 3. The molecule has 158 valence electrons. The molecule has 30 heavy (non-hydrogen) atoms. The van der Waals surface area contributed by atoms with E-state index in [2.05, 4.69) is 10.1 Å². The molecule has 2 heterocycles. The van der Waals surface area contributed by atoms with Crippen molar-refractivity contribution >= 4 is 46.7 Å². The van der Waals surface area contributed by atoms with E-state index in [1.165, 1.54) is 26.1 Å². The number of oxime groups is 1. The molecule has 0 aliphatic carbocycles. The van der Waals surface area contributed by atoms with Crippen LogP contribution in [0.2, 0.25) is 5.02 Å². The van der Waals surface area contributed by atoms with Gasteiger partial charge in [-0.3, -0.25) is 14.8 Å². The van der Waals surface area contributed by atoms with Crippen LogP contribution in [0.3, 0.4) is 0 Å². The topological polar surface area (TPSA) is 94.9 Å². The summed E-state index contributed by atoms with van der Waals surface area (Å²) in [5, 5.41) is 4.11. The lowest BCUT2D eigenvalue weighted by Crippen LogP contribution is -2.57. The normalized spacial score (nSPS) is 22.4. The maximum absolute atomic E-state index is 14.8. The Bertz CT molecular complexity index is 1040. The molecule has 1 fully saturated rings. The van der Waals surface area contributed by atoms with Crippen molar-refractivity contribution in [3.8, 4) is 0 Å². The lowest BCUT2D eigenvalue weighted by molar-refractivity contribution is 0.0518. The van der Waals surface area contributed by atoms with Crippen LogP contribution in [0.1, 0.15) is 25.8 Å². The molecule has 3 rings (SSSR count). The van der Waals surface area contributed by atoms with Crippen molar-refractivity contribution in [2.75, 3.05) is 26.0 Å². The number of imide groups is 1. The van der Waals surface area contributed by atoms with Crippen molar-refractivity contribution in [1.29, 1.82) is 0 Å². The first-order valence-corrected chi connectivity index (χ1v) is 9.22. The highest BCUT2D eigenvalue weighted by molar-refractivity contribution is 6.34. The average molecular weight is 436 g/mol. The molecule has 0 radical (unpaired) electrons. The number of nitrogens with zero attached hydrogens (tertiary/aromatic N) is 5. The van der Waals surface area contributed by atoms with E-state index < -0.39 is 23.5 Å². The number of aliphatic imine (C=N–C) groups is 1. The van der Waals surface area contributed by atoms with Gasteiger partial charge in [0.2, 0.25) is 5.82 Å². The summed E-state index contributed by atoms with van der Waals surface area (Å²) in [5.74, 6) is 0.357. The molecule has 0 N–H and O–H groups in total. The van der Waals surface area contributed by atoms with E-state index in [9.17, 15) is 18.8 Å². The van der Waals surface area contributed by atoms with Crippen molar-refractivity contribution in [1.82, 2.24) is 9.80 Å². The summed E-state index contributed by atoms with van der Waals surface area (Å²) in [6.45, 7) is 3.60. The molecule has 1 saturated heterocycles. The molecule has 1 unspecified atom stereocenters. The minimum atomic E-state index is -0.910. The van der Waals surface area contributed by atoms with E-state index >= 15 is 0 Å². The van der Waals surface area contributed by atoms with Gasteiger partial charge in [-0.1, -0.05) is 16.8 Å². The molecular weight excluding hydrogens is 417 g/mol. The van der Waals surface area contributed by atoms with Gasteiger partial charge in [-0.15, -0.1) is 0 Å². The van der Waals surface area contributed by atoms with Crippen molar-refractivity contribution in [2.45, 2.75) is 25.9 Å². The molecule has 11 heteroatoms. The second-order valence-corrected chi connectivity index (χ2v) is 7.48. The fourth-order valence-corrected chi connectivity index (χ4v) is 3.44. The van der Waals surface area contributed by atoms with Gasteiger partial charge in [0.05, 0.1) is 22.1 Å². The number of benzene rings is 1. The Labute approximate surface area is 177 Å². The predicted molar refractivity (Wildman–Crippen MR) is 109 cm³/mol. The SMILES string of the molecule is C/N=C(\C)C1(C)CC(c2cc(N3C(=O)N(C)C(=C=O)N(C)C3=O)c(F)cc2Cl)=NO1. The lowest BCUT2D eigenvalue weighted by Gasteiger charge is -2.37. The van der Waals surface area contributed by atoms with Crippen molar-refractivity contribution in [3.63, 3.8) is 0 Å². The minimum absolute atomic E-state index is 0.0426. The second kappa shape index (κ2) is 7.55. The summed E-state index contributed by atoms with van der Waals surface area (Å²) in [6.07, 6.45) is 0.306. The molecule has 2 aliphatic heterocycles. The van der Waals surface area contributed by atoms with E-state index in [4.69, 9.17) is 16.4 Å². The average Bonchev–Trinajstić information content (AvgIpc) is 3.11. The molecule has 0 aromatic heterocycles. The molecule has 1 aromatic carbocycles. The fourth-order valence-electron chi connectivity index (χ4n) is 3.18. The van der Waals surface area contributed by atoms with Crippen molar-refractivity contribution < 1.29 is 23.6 Å². The number of hydrogen-bond donors (Lipinski definition) is 0. The lowest BCUT2D eigenvalue weighted by atomic mass is 9.92. The van der Waals surface area contributed by atoms with Crippen LogP contribution in [-0.2, 0) is 9.63 Å². The Morgan fingerprint density at radius 1 is 1.30 bits per heavy atom. The van der Waals surface area contributed by atoms with Gasteiger partial charge >= 0.3 is 12.1 Å². The molecule has 1 atom stereocenters. The largest absolute Gasteiger partial charge is 0.383 e. The molecule has 2 aliphatic rings. The second-order valence-electron chi connectivity index (χ2n) is 7.07. The zero-order valence-electron chi connectivity index (χ0n) is 17.0. The van der Waals surface area contributed by atoms with Gasteiger partial charge in [0, 0.05) is 33.1 Å². The summed E-state index contributed by atoms with van der Waals surface area (Å²) in [4.78, 5) is 48.5.